The predicted octanol–water partition coefficient (Wildman–Crippen LogP) is 4.49. The van der Waals surface area contributed by atoms with E-state index < -0.39 is 27.4 Å². The van der Waals surface area contributed by atoms with E-state index in [0.717, 1.165) is 36.4 Å². The summed E-state index contributed by atoms with van der Waals surface area (Å²) in [5.41, 5.74) is 0.400. The average molecular weight is 537 g/mol. The smallest absolute Gasteiger partial charge is 0.269 e. The van der Waals surface area contributed by atoms with Crippen LogP contribution in [0, 0.1) is 10.1 Å². The molecule has 0 spiro atoms. The lowest BCUT2D eigenvalue weighted by Gasteiger charge is -2.25. The number of nitro groups is 1. The van der Waals surface area contributed by atoms with Crippen LogP contribution in [0.3, 0.4) is 0 Å². The fraction of sp³-hybridized carbons (Fsp3) is 0.259. The van der Waals surface area contributed by atoms with Crippen molar-refractivity contribution in [3.8, 4) is 0 Å². The lowest BCUT2D eigenvalue weighted by Crippen LogP contribution is -2.39. The monoisotopic (exact) mass is 536 g/mol. The van der Waals surface area contributed by atoms with Crippen LogP contribution in [0.5, 0.6) is 0 Å². The quantitative estimate of drug-likeness (QED) is 0.305. The van der Waals surface area contributed by atoms with Gasteiger partial charge in [0, 0.05) is 18.2 Å². The Morgan fingerprint density at radius 2 is 1.53 bits per heavy atom. The third-order valence-corrected chi connectivity index (χ3v) is 8.14. The summed E-state index contributed by atoms with van der Waals surface area (Å²) in [7, 11) is -4.20. The van der Waals surface area contributed by atoms with Crippen molar-refractivity contribution in [3.63, 3.8) is 0 Å². The Balaban J connectivity index is 1.58. The Labute approximate surface area is 220 Å². The first-order valence-electron chi connectivity index (χ1n) is 12.3. The summed E-state index contributed by atoms with van der Waals surface area (Å²) in [6.07, 6.45) is 5.06. The highest BCUT2D eigenvalue weighted by atomic mass is 32.2. The maximum Gasteiger partial charge on any atom is 0.269 e. The first-order chi connectivity index (χ1) is 18.3. The molecule has 1 saturated carbocycles. The van der Waals surface area contributed by atoms with Crippen LogP contribution in [-0.4, -0.2) is 37.7 Å². The summed E-state index contributed by atoms with van der Waals surface area (Å²) < 4.78 is 27.8. The lowest BCUT2D eigenvalue weighted by molar-refractivity contribution is -0.384. The van der Waals surface area contributed by atoms with E-state index in [4.69, 9.17) is 0 Å². The molecule has 11 heteroatoms. The van der Waals surface area contributed by atoms with Gasteiger partial charge < -0.3 is 10.6 Å². The fourth-order valence-electron chi connectivity index (χ4n) is 4.40. The molecule has 2 amide bonds. The second-order valence-electron chi connectivity index (χ2n) is 9.00. The number of nitrogens with one attached hydrogen (secondary N) is 2. The van der Waals surface area contributed by atoms with Crippen molar-refractivity contribution in [3.05, 3.63) is 94.5 Å². The fourth-order valence-corrected chi connectivity index (χ4v) is 5.84. The number of non-ortho nitro benzene ring substituents is 1. The van der Waals surface area contributed by atoms with Gasteiger partial charge in [-0.05, 0) is 49.2 Å². The van der Waals surface area contributed by atoms with Crippen molar-refractivity contribution in [1.82, 2.24) is 5.32 Å². The van der Waals surface area contributed by atoms with E-state index in [-0.39, 0.29) is 39.5 Å². The van der Waals surface area contributed by atoms with Gasteiger partial charge in [-0.3, -0.25) is 24.0 Å². The lowest BCUT2D eigenvalue weighted by atomic mass is 9.95. The molecule has 1 aliphatic carbocycles. The number of anilines is 2. The molecule has 3 aromatic rings. The van der Waals surface area contributed by atoms with Crippen LogP contribution in [0.1, 0.15) is 42.5 Å². The number of hydrogen-bond donors (Lipinski definition) is 2. The molecular formula is C27H28N4O6S. The second kappa shape index (κ2) is 11.9. The Bertz CT molecular complexity index is 1400. The molecule has 0 aliphatic heterocycles. The van der Waals surface area contributed by atoms with Crippen molar-refractivity contribution >= 4 is 38.9 Å². The maximum atomic E-state index is 13.5. The van der Waals surface area contributed by atoms with E-state index in [0.29, 0.717) is 0 Å². The van der Waals surface area contributed by atoms with Crippen molar-refractivity contribution in [1.29, 1.82) is 0 Å². The standard InChI is InChI=1S/C27H28N4O6S/c32-26(29-25-14-8-7-13-24(25)27(33)28-20-9-3-1-4-10-20)19-30(21-15-17-22(18-16-21)31(34)35)38(36,37)23-11-5-2-6-12-23/h2,5-8,11-18,20H,1,3-4,9-10,19H2,(H,28,33)(H,29,32). The molecular weight excluding hydrogens is 508 g/mol. The van der Waals surface area contributed by atoms with Gasteiger partial charge in [-0.1, -0.05) is 49.6 Å². The number of para-hydroxylation sites is 1. The normalized spacial score (nSPS) is 13.9. The molecule has 0 radical (unpaired) electrons. The molecule has 38 heavy (non-hydrogen) atoms. The van der Waals surface area contributed by atoms with Gasteiger partial charge in [-0.15, -0.1) is 0 Å². The molecule has 1 fully saturated rings. The first kappa shape index (κ1) is 26.8. The topological polar surface area (TPSA) is 139 Å². The minimum atomic E-state index is -4.20. The largest absolute Gasteiger partial charge is 0.349 e. The highest BCUT2D eigenvalue weighted by Crippen LogP contribution is 2.26. The van der Waals surface area contributed by atoms with Crippen LogP contribution in [0.4, 0.5) is 17.1 Å². The Hall–Kier alpha value is -4.25. The van der Waals surface area contributed by atoms with Crippen LogP contribution in [0.25, 0.3) is 0 Å². The number of benzene rings is 3. The zero-order valence-corrected chi connectivity index (χ0v) is 21.4. The molecule has 0 aromatic heterocycles. The molecule has 4 rings (SSSR count). The molecule has 198 valence electrons. The van der Waals surface area contributed by atoms with Gasteiger partial charge in [-0.25, -0.2) is 8.42 Å². The van der Waals surface area contributed by atoms with Gasteiger partial charge in [0.15, 0.2) is 0 Å². The Morgan fingerprint density at radius 3 is 2.18 bits per heavy atom. The highest BCUT2D eigenvalue weighted by molar-refractivity contribution is 7.92. The van der Waals surface area contributed by atoms with Crippen molar-refractivity contribution < 1.29 is 22.9 Å². The number of carbonyl (C=O) groups excluding carboxylic acids is 2. The number of amides is 2. The summed E-state index contributed by atoms with van der Waals surface area (Å²) >= 11 is 0. The highest BCUT2D eigenvalue weighted by Gasteiger charge is 2.28. The first-order valence-corrected chi connectivity index (χ1v) is 13.7. The molecule has 10 nitrogen and oxygen atoms in total. The average Bonchev–Trinajstić information content (AvgIpc) is 2.93. The zero-order chi connectivity index (χ0) is 27.1. The van der Waals surface area contributed by atoms with E-state index in [1.165, 1.54) is 36.4 Å². The third kappa shape index (κ3) is 6.35. The van der Waals surface area contributed by atoms with Crippen molar-refractivity contribution in [2.45, 2.75) is 43.0 Å². The Kier molecular flexibility index (Phi) is 8.37. The van der Waals surface area contributed by atoms with E-state index in [1.807, 2.05) is 0 Å². The number of nitro benzene ring substituents is 1. The molecule has 3 aromatic carbocycles. The molecule has 2 N–H and O–H groups in total. The minimum absolute atomic E-state index is 0.0431. The molecule has 1 aliphatic rings. The zero-order valence-electron chi connectivity index (χ0n) is 20.6. The van der Waals surface area contributed by atoms with Gasteiger partial charge in [-0.2, -0.15) is 0 Å². The van der Waals surface area contributed by atoms with Crippen LogP contribution in [0.2, 0.25) is 0 Å². The molecule has 0 heterocycles. The van der Waals surface area contributed by atoms with Gasteiger partial charge >= 0.3 is 0 Å². The van der Waals surface area contributed by atoms with Crippen LogP contribution in [-0.2, 0) is 14.8 Å². The summed E-state index contributed by atoms with van der Waals surface area (Å²) in [6, 6.07) is 19.1. The van der Waals surface area contributed by atoms with Crippen LogP contribution in [0.15, 0.2) is 83.8 Å². The van der Waals surface area contributed by atoms with Crippen LogP contribution < -0.4 is 14.9 Å². The van der Waals surface area contributed by atoms with E-state index in [1.54, 1.807) is 42.5 Å². The van der Waals surface area contributed by atoms with Gasteiger partial charge in [0.25, 0.3) is 21.6 Å². The molecule has 0 atom stereocenters. The predicted molar refractivity (Wildman–Crippen MR) is 143 cm³/mol. The number of nitrogens with zero attached hydrogens (tertiary/aromatic N) is 2. The van der Waals surface area contributed by atoms with Crippen molar-refractivity contribution in [2.24, 2.45) is 0 Å². The van der Waals surface area contributed by atoms with Gasteiger partial charge in [0.1, 0.15) is 6.54 Å². The number of carbonyl (C=O) groups is 2. The van der Waals surface area contributed by atoms with Crippen molar-refractivity contribution in [2.75, 3.05) is 16.2 Å². The van der Waals surface area contributed by atoms with E-state index in [2.05, 4.69) is 10.6 Å². The summed E-state index contributed by atoms with van der Waals surface area (Å²) in [4.78, 5) is 36.6. The molecule has 0 saturated heterocycles. The van der Waals surface area contributed by atoms with E-state index in [9.17, 15) is 28.1 Å². The van der Waals surface area contributed by atoms with Crippen LogP contribution >= 0.6 is 0 Å². The number of hydrogen-bond acceptors (Lipinski definition) is 6. The summed E-state index contributed by atoms with van der Waals surface area (Å²) in [5, 5.41) is 16.8. The molecule has 0 bridgehead atoms. The third-order valence-electron chi connectivity index (χ3n) is 6.35. The Morgan fingerprint density at radius 1 is 0.895 bits per heavy atom. The second-order valence-corrected chi connectivity index (χ2v) is 10.9. The summed E-state index contributed by atoms with van der Waals surface area (Å²) in [5.74, 6) is -0.988. The number of sulfonamides is 1. The SMILES string of the molecule is O=C(CN(c1ccc([N+](=O)[O-])cc1)S(=O)(=O)c1ccccc1)Nc1ccccc1C(=O)NC1CCCCC1. The van der Waals surface area contributed by atoms with Gasteiger partial charge in [0.05, 0.1) is 26.8 Å². The summed E-state index contributed by atoms with van der Waals surface area (Å²) in [6.45, 7) is -0.617. The van der Waals surface area contributed by atoms with E-state index >= 15 is 0 Å². The molecule has 0 unspecified atom stereocenters. The maximum absolute atomic E-state index is 13.5. The number of rotatable bonds is 9. The minimum Gasteiger partial charge on any atom is -0.349 e. The van der Waals surface area contributed by atoms with Gasteiger partial charge in [0.2, 0.25) is 5.91 Å².